The Morgan fingerprint density at radius 3 is 2.59 bits per heavy atom. The molecule has 0 radical (unpaired) electrons. The lowest BCUT2D eigenvalue weighted by molar-refractivity contribution is 0.574. The fourth-order valence-electron chi connectivity index (χ4n) is 3.77. The first-order valence-electron chi connectivity index (χ1n) is 10.1. The number of nitrogens with zero attached hydrogens (tertiary/aromatic N) is 3. The maximum atomic E-state index is 13.5. The maximum Gasteiger partial charge on any atom is 0.259 e. The fourth-order valence-corrected chi connectivity index (χ4v) is 6.46. The number of hydrogen-bond acceptors (Lipinski definition) is 7. The number of hydrazone groups is 1. The number of nitrogens with one attached hydrogen (secondary N) is 2. The number of halogens is 3. The summed E-state index contributed by atoms with van der Waals surface area (Å²) >= 11 is 19.8. The van der Waals surface area contributed by atoms with Gasteiger partial charge in [-0.2, -0.15) is 14.2 Å². The minimum absolute atomic E-state index is 0.102. The third kappa shape index (κ3) is 4.64. The van der Waals surface area contributed by atoms with Crippen LogP contribution in [0.4, 0.5) is 0 Å². The molecular weight excluding hydrogens is 537 g/mol. The summed E-state index contributed by atoms with van der Waals surface area (Å²) in [6.07, 6.45) is 3.40. The third-order valence-electron chi connectivity index (χ3n) is 5.43. The van der Waals surface area contributed by atoms with Gasteiger partial charge < -0.3 is 5.43 Å². The molecule has 1 aliphatic heterocycles. The van der Waals surface area contributed by atoms with Gasteiger partial charge in [-0.05, 0) is 53.0 Å². The van der Waals surface area contributed by atoms with Gasteiger partial charge in [0.15, 0.2) is 5.03 Å². The lowest BCUT2D eigenvalue weighted by atomic mass is 9.96. The lowest BCUT2D eigenvalue weighted by Gasteiger charge is -2.21. The molecule has 34 heavy (non-hydrogen) atoms. The van der Waals surface area contributed by atoms with Crippen LogP contribution in [-0.4, -0.2) is 23.5 Å². The van der Waals surface area contributed by atoms with Crippen LogP contribution in [0.1, 0.15) is 29.6 Å². The second-order valence-electron chi connectivity index (χ2n) is 7.61. The van der Waals surface area contributed by atoms with Crippen molar-refractivity contribution in [3.63, 3.8) is 0 Å². The summed E-state index contributed by atoms with van der Waals surface area (Å²) < 4.78 is 34.6. The minimum Gasteiger partial charge on any atom is -0.302 e. The summed E-state index contributed by atoms with van der Waals surface area (Å²) in [5, 5.41) is 6.21. The molecule has 174 valence electrons. The van der Waals surface area contributed by atoms with Crippen LogP contribution in [0.3, 0.4) is 0 Å². The average Bonchev–Trinajstić information content (AvgIpc) is 3.48. The Labute approximate surface area is 215 Å². The predicted octanol–water partition coefficient (Wildman–Crippen LogP) is 5.76. The number of pyridine rings is 1. The molecule has 7 nitrogen and oxygen atoms in total. The van der Waals surface area contributed by atoms with Crippen molar-refractivity contribution in [3.8, 4) is 0 Å². The number of sulfonamides is 1. The van der Waals surface area contributed by atoms with E-state index in [0.29, 0.717) is 38.2 Å². The van der Waals surface area contributed by atoms with Crippen molar-refractivity contribution in [3.05, 3.63) is 87.1 Å². The molecule has 2 N–H and O–H groups in total. The van der Waals surface area contributed by atoms with Crippen molar-refractivity contribution in [2.75, 3.05) is 0 Å². The zero-order valence-corrected chi connectivity index (χ0v) is 21.1. The van der Waals surface area contributed by atoms with Crippen LogP contribution in [0.2, 0.25) is 15.1 Å². The minimum atomic E-state index is -4.07. The molecule has 0 amide bonds. The van der Waals surface area contributed by atoms with E-state index in [9.17, 15) is 8.42 Å². The maximum absolute atomic E-state index is 13.5. The molecule has 12 heteroatoms. The van der Waals surface area contributed by atoms with E-state index in [2.05, 4.69) is 24.6 Å². The Bertz CT molecular complexity index is 1510. The second kappa shape index (κ2) is 9.41. The van der Waals surface area contributed by atoms with Crippen molar-refractivity contribution in [2.45, 2.75) is 23.5 Å². The quantitative estimate of drug-likeness (QED) is 0.317. The monoisotopic (exact) mass is 551 g/mol. The highest BCUT2D eigenvalue weighted by Crippen LogP contribution is 2.34. The number of aromatic nitrogens is 2. The van der Waals surface area contributed by atoms with E-state index < -0.39 is 16.1 Å². The van der Waals surface area contributed by atoms with Crippen molar-refractivity contribution in [1.29, 1.82) is 0 Å². The smallest absolute Gasteiger partial charge is 0.259 e. The zero-order chi connectivity index (χ0) is 23.9. The number of hydrogen-bond donors (Lipinski definition) is 2. The molecule has 2 unspecified atom stereocenters. The van der Waals surface area contributed by atoms with Crippen LogP contribution in [-0.2, 0) is 10.0 Å². The van der Waals surface area contributed by atoms with E-state index >= 15 is 0 Å². The Kier molecular flexibility index (Phi) is 6.49. The highest BCUT2D eigenvalue weighted by Gasteiger charge is 2.33. The number of fused-ring (bicyclic) bond motifs is 1. The topological polar surface area (TPSA) is 96.3 Å². The van der Waals surface area contributed by atoms with Crippen LogP contribution < -0.4 is 10.1 Å². The normalized spacial score (nSPS) is 16.9. The van der Waals surface area contributed by atoms with Crippen molar-refractivity contribution < 1.29 is 8.42 Å². The van der Waals surface area contributed by atoms with Gasteiger partial charge in [0.1, 0.15) is 0 Å². The molecule has 1 aliphatic rings. The standard InChI is InChI=1S/C22H16Cl3N5O2S2/c23-13-3-1-12(2-4-13)18-10-19(29-28-18)21(15-6-5-14(24)9-17(15)25)30-34(31,32)22-16-11-27-33-20(16)7-8-26-22/h1-9,11,18,21,28,30H,10H2. The van der Waals surface area contributed by atoms with E-state index in [-0.39, 0.29) is 11.1 Å². The van der Waals surface area contributed by atoms with E-state index in [0.717, 1.165) is 10.3 Å². The molecule has 3 heterocycles. The molecule has 0 spiro atoms. The Morgan fingerprint density at radius 1 is 1.06 bits per heavy atom. The van der Waals surface area contributed by atoms with Gasteiger partial charge in [-0.15, -0.1) is 0 Å². The summed E-state index contributed by atoms with van der Waals surface area (Å²) in [7, 11) is -4.07. The molecule has 0 fully saturated rings. The summed E-state index contributed by atoms with van der Waals surface area (Å²) in [5.41, 5.74) is 5.17. The molecule has 5 rings (SSSR count). The van der Waals surface area contributed by atoms with Crippen LogP contribution >= 0.6 is 46.3 Å². The molecule has 0 saturated carbocycles. The van der Waals surface area contributed by atoms with E-state index in [1.165, 1.54) is 23.9 Å². The van der Waals surface area contributed by atoms with Crippen LogP contribution in [0.5, 0.6) is 0 Å². The number of rotatable bonds is 6. The second-order valence-corrected chi connectivity index (χ2v) is 11.4. The molecule has 0 aliphatic carbocycles. The SMILES string of the molecule is O=S(=O)(NC(C1=NNC(c2ccc(Cl)cc2)C1)c1ccc(Cl)cc1Cl)c1nccc2sncc12. The third-order valence-corrected chi connectivity index (χ3v) is 8.39. The van der Waals surface area contributed by atoms with Crippen molar-refractivity contribution in [1.82, 2.24) is 19.5 Å². The van der Waals surface area contributed by atoms with Crippen molar-refractivity contribution in [2.24, 2.45) is 5.10 Å². The van der Waals surface area contributed by atoms with Crippen LogP contribution in [0.15, 0.2) is 71.1 Å². The molecular formula is C22H16Cl3N5O2S2. The Hall–Kier alpha value is -2.27. The van der Waals surface area contributed by atoms with Crippen molar-refractivity contribution >= 4 is 72.2 Å². The number of benzene rings is 2. The molecule has 0 saturated heterocycles. The highest BCUT2D eigenvalue weighted by atomic mass is 35.5. The first-order chi connectivity index (χ1) is 16.3. The van der Waals surface area contributed by atoms with Crippen LogP contribution in [0, 0.1) is 0 Å². The molecule has 2 aromatic heterocycles. The average molecular weight is 553 g/mol. The molecule has 2 atom stereocenters. The van der Waals surface area contributed by atoms with Gasteiger partial charge in [-0.3, -0.25) is 0 Å². The Balaban J connectivity index is 1.52. The van der Waals surface area contributed by atoms with Gasteiger partial charge in [0, 0.05) is 27.7 Å². The predicted molar refractivity (Wildman–Crippen MR) is 136 cm³/mol. The van der Waals surface area contributed by atoms with E-state index in [1.54, 1.807) is 36.4 Å². The van der Waals surface area contributed by atoms with E-state index in [4.69, 9.17) is 34.8 Å². The van der Waals surface area contributed by atoms with Gasteiger partial charge >= 0.3 is 0 Å². The molecule has 2 aromatic carbocycles. The lowest BCUT2D eigenvalue weighted by Crippen LogP contribution is -2.34. The van der Waals surface area contributed by atoms with Gasteiger partial charge in [0.2, 0.25) is 0 Å². The highest BCUT2D eigenvalue weighted by molar-refractivity contribution is 7.89. The van der Waals surface area contributed by atoms with Gasteiger partial charge in [-0.25, -0.2) is 13.4 Å². The molecule has 0 bridgehead atoms. The van der Waals surface area contributed by atoms with E-state index in [1.807, 2.05) is 12.1 Å². The van der Waals surface area contributed by atoms with Gasteiger partial charge in [0.05, 0.1) is 34.1 Å². The fraction of sp³-hybridized carbons (Fsp3) is 0.136. The largest absolute Gasteiger partial charge is 0.302 e. The zero-order valence-electron chi connectivity index (χ0n) is 17.2. The Morgan fingerprint density at radius 2 is 1.82 bits per heavy atom. The van der Waals surface area contributed by atoms with Gasteiger partial charge in [0.25, 0.3) is 10.0 Å². The summed E-state index contributed by atoms with van der Waals surface area (Å²) in [4.78, 5) is 4.13. The summed E-state index contributed by atoms with van der Waals surface area (Å²) in [5.74, 6) is 0. The summed E-state index contributed by atoms with van der Waals surface area (Å²) in [6, 6.07) is 13.1. The first-order valence-corrected chi connectivity index (χ1v) is 13.4. The first kappa shape index (κ1) is 23.5. The molecule has 4 aromatic rings. The van der Waals surface area contributed by atoms with Gasteiger partial charge in [-0.1, -0.05) is 53.0 Å². The summed E-state index contributed by atoms with van der Waals surface area (Å²) in [6.45, 7) is 0. The van der Waals surface area contributed by atoms with Crippen LogP contribution in [0.25, 0.3) is 10.1 Å².